The fourth-order valence-electron chi connectivity index (χ4n) is 4.73. The molecule has 0 atom stereocenters. The standard InChI is InChI=1S/C28H28/c1-17(2)19-5-6-21-16-28-23(15-24(21)14-19)9-11-26-25-10-7-20(18(3)4)13-22(25)8-12-27(26)28/h5-8,10,12-18H,9,11H2,1-4H3. The Morgan fingerprint density at radius 3 is 2.00 bits per heavy atom. The summed E-state index contributed by atoms with van der Waals surface area (Å²) in [6.45, 7) is 9.08. The number of hydrogen-bond acceptors (Lipinski definition) is 0. The van der Waals surface area contributed by atoms with E-state index in [2.05, 4.69) is 88.4 Å². The second kappa shape index (κ2) is 6.48. The lowest BCUT2D eigenvalue weighted by Crippen LogP contribution is -2.05. The van der Waals surface area contributed by atoms with Crippen molar-refractivity contribution >= 4 is 21.5 Å². The molecule has 0 spiro atoms. The second-order valence-electron chi connectivity index (χ2n) is 9.00. The zero-order chi connectivity index (χ0) is 19.4. The summed E-state index contributed by atoms with van der Waals surface area (Å²) < 4.78 is 0. The summed E-state index contributed by atoms with van der Waals surface area (Å²) >= 11 is 0. The van der Waals surface area contributed by atoms with Gasteiger partial charge in [0.25, 0.3) is 0 Å². The Morgan fingerprint density at radius 1 is 0.571 bits per heavy atom. The van der Waals surface area contributed by atoms with Gasteiger partial charge in [0, 0.05) is 0 Å². The van der Waals surface area contributed by atoms with Gasteiger partial charge in [-0.15, -0.1) is 0 Å². The van der Waals surface area contributed by atoms with Crippen LogP contribution in [0.4, 0.5) is 0 Å². The van der Waals surface area contributed by atoms with Crippen molar-refractivity contribution in [3.05, 3.63) is 82.9 Å². The van der Waals surface area contributed by atoms with E-state index in [0.717, 1.165) is 12.8 Å². The summed E-state index contributed by atoms with van der Waals surface area (Å²) in [5.41, 5.74) is 8.74. The third-order valence-corrected chi connectivity index (χ3v) is 6.51. The summed E-state index contributed by atoms with van der Waals surface area (Å²) in [5, 5.41) is 5.56. The highest BCUT2D eigenvalue weighted by atomic mass is 14.2. The lowest BCUT2D eigenvalue weighted by atomic mass is 9.81. The normalized spacial score (nSPS) is 13.4. The highest BCUT2D eigenvalue weighted by Crippen LogP contribution is 2.40. The molecule has 0 aliphatic heterocycles. The van der Waals surface area contributed by atoms with Gasteiger partial charge in [-0.1, -0.05) is 82.3 Å². The number of hydrogen-bond donors (Lipinski definition) is 0. The molecule has 0 fully saturated rings. The highest BCUT2D eigenvalue weighted by molar-refractivity contribution is 5.97. The van der Waals surface area contributed by atoms with Crippen LogP contribution in [0.3, 0.4) is 0 Å². The SMILES string of the molecule is CC(C)c1ccc2cc3c(cc2c1)CCc1c-3ccc2cc(C(C)C)ccc12. The molecule has 140 valence electrons. The van der Waals surface area contributed by atoms with E-state index in [-0.39, 0.29) is 0 Å². The van der Waals surface area contributed by atoms with E-state index in [1.165, 1.54) is 54.9 Å². The Morgan fingerprint density at radius 2 is 1.25 bits per heavy atom. The number of fused-ring (bicyclic) bond motifs is 6. The minimum Gasteiger partial charge on any atom is -0.0587 e. The molecule has 28 heavy (non-hydrogen) atoms. The Bertz CT molecular complexity index is 1190. The molecule has 0 amide bonds. The van der Waals surface area contributed by atoms with Crippen molar-refractivity contribution in [2.45, 2.75) is 52.4 Å². The third-order valence-electron chi connectivity index (χ3n) is 6.51. The van der Waals surface area contributed by atoms with Gasteiger partial charge < -0.3 is 0 Å². The van der Waals surface area contributed by atoms with Gasteiger partial charge in [0.1, 0.15) is 0 Å². The number of aryl methyl sites for hydroxylation is 2. The number of benzene rings is 4. The molecule has 0 heteroatoms. The molecule has 0 radical (unpaired) electrons. The molecule has 1 aliphatic carbocycles. The average Bonchev–Trinajstić information content (AvgIpc) is 2.70. The molecule has 4 aromatic rings. The average molecular weight is 365 g/mol. The predicted octanol–water partition coefficient (Wildman–Crippen LogP) is 8.01. The second-order valence-corrected chi connectivity index (χ2v) is 9.00. The van der Waals surface area contributed by atoms with Crippen LogP contribution in [0.25, 0.3) is 32.7 Å². The molecule has 5 rings (SSSR count). The van der Waals surface area contributed by atoms with Crippen LogP contribution in [0.5, 0.6) is 0 Å². The van der Waals surface area contributed by atoms with E-state index >= 15 is 0 Å². The van der Waals surface area contributed by atoms with Crippen LogP contribution in [0.2, 0.25) is 0 Å². The summed E-state index contributed by atoms with van der Waals surface area (Å²) in [4.78, 5) is 0. The summed E-state index contributed by atoms with van der Waals surface area (Å²) in [6, 6.07) is 23.5. The highest BCUT2D eigenvalue weighted by Gasteiger charge is 2.19. The lowest BCUT2D eigenvalue weighted by Gasteiger charge is -2.23. The van der Waals surface area contributed by atoms with Crippen LogP contribution in [-0.2, 0) is 12.8 Å². The van der Waals surface area contributed by atoms with Gasteiger partial charge >= 0.3 is 0 Å². The third kappa shape index (κ3) is 2.75. The topological polar surface area (TPSA) is 0 Å². The predicted molar refractivity (Wildman–Crippen MR) is 122 cm³/mol. The monoisotopic (exact) mass is 364 g/mol. The quantitative estimate of drug-likeness (QED) is 0.338. The maximum atomic E-state index is 2.44. The van der Waals surface area contributed by atoms with Gasteiger partial charge in [-0.25, -0.2) is 0 Å². The van der Waals surface area contributed by atoms with Gasteiger partial charge in [0.2, 0.25) is 0 Å². The molecule has 4 aromatic carbocycles. The Balaban J connectivity index is 1.69. The van der Waals surface area contributed by atoms with Gasteiger partial charge in [-0.2, -0.15) is 0 Å². The first-order valence-corrected chi connectivity index (χ1v) is 10.6. The molecule has 0 aromatic heterocycles. The molecule has 0 heterocycles. The first-order valence-electron chi connectivity index (χ1n) is 10.6. The van der Waals surface area contributed by atoms with Crippen LogP contribution in [0.1, 0.15) is 61.8 Å². The van der Waals surface area contributed by atoms with Crippen molar-refractivity contribution in [1.29, 1.82) is 0 Å². The van der Waals surface area contributed by atoms with Crippen LogP contribution in [-0.4, -0.2) is 0 Å². The van der Waals surface area contributed by atoms with E-state index in [1.54, 1.807) is 0 Å². The largest absolute Gasteiger partial charge is 0.0587 e. The van der Waals surface area contributed by atoms with E-state index in [4.69, 9.17) is 0 Å². The molecule has 0 N–H and O–H groups in total. The maximum absolute atomic E-state index is 2.44. The fourth-order valence-corrected chi connectivity index (χ4v) is 4.73. The minimum absolute atomic E-state index is 0.572. The van der Waals surface area contributed by atoms with Gasteiger partial charge in [-0.05, 0) is 85.7 Å². The van der Waals surface area contributed by atoms with E-state index in [0.29, 0.717) is 11.8 Å². The van der Waals surface area contributed by atoms with Crippen molar-refractivity contribution in [1.82, 2.24) is 0 Å². The van der Waals surface area contributed by atoms with Crippen molar-refractivity contribution in [3.63, 3.8) is 0 Å². The zero-order valence-corrected chi connectivity index (χ0v) is 17.3. The smallest absolute Gasteiger partial charge is 0.0142 e. The van der Waals surface area contributed by atoms with Crippen molar-refractivity contribution in [3.8, 4) is 11.1 Å². The summed E-state index contributed by atoms with van der Waals surface area (Å²) in [6.07, 6.45) is 2.27. The summed E-state index contributed by atoms with van der Waals surface area (Å²) in [5.74, 6) is 1.14. The van der Waals surface area contributed by atoms with Crippen LogP contribution in [0.15, 0.2) is 60.7 Å². The molecule has 0 saturated carbocycles. The molecule has 0 bridgehead atoms. The van der Waals surface area contributed by atoms with Crippen molar-refractivity contribution in [2.24, 2.45) is 0 Å². The van der Waals surface area contributed by atoms with Crippen LogP contribution in [0, 0.1) is 0 Å². The van der Waals surface area contributed by atoms with Gasteiger partial charge in [0.05, 0.1) is 0 Å². The molecule has 0 unspecified atom stereocenters. The summed E-state index contributed by atoms with van der Waals surface area (Å²) in [7, 11) is 0. The van der Waals surface area contributed by atoms with E-state index in [1.807, 2.05) is 0 Å². The lowest BCUT2D eigenvalue weighted by molar-refractivity contribution is 0.868. The van der Waals surface area contributed by atoms with Crippen LogP contribution < -0.4 is 0 Å². The first kappa shape index (κ1) is 17.5. The van der Waals surface area contributed by atoms with Crippen molar-refractivity contribution < 1.29 is 0 Å². The number of rotatable bonds is 2. The Hall–Kier alpha value is -2.60. The van der Waals surface area contributed by atoms with E-state index < -0.39 is 0 Å². The Labute approximate surface area is 168 Å². The molecular formula is C28H28. The molecule has 1 aliphatic rings. The van der Waals surface area contributed by atoms with Gasteiger partial charge in [-0.3, -0.25) is 0 Å². The van der Waals surface area contributed by atoms with E-state index in [9.17, 15) is 0 Å². The minimum atomic E-state index is 0.572. The van der Waals surface area contributed by atoms with Crippen LogP contribution >= 0.6 is 0 Å². The molecule has 0 nitrogen and oxygen atoms in total. The fraction of sp³-hybridized carbons (Fsp3) is 0.286. The first-order chi connectivity index (χ1) is 13.5. The Kier molecular flexibility index (Phi) is 4.05. The molecule has 0 saturated heterocycles. The van der Waals surface area contributed by atoms with Gasteiger partial charge in [0.15, 0.2) is 0 Å². The maximum Gasteiger partial charge on any atom is -0.0142 e. The zero-order valence-electron chi connectivity index (χ0n) is 17.3. The van der Waals surface area contributed by atoms with Crippen molar-refractivity contribution in [2.75, 3.05) is 0 Å². The molecular weight excluding hydrogens is 336 g/mol.